The predicted molar refractivity (Wildman–Crippen MR) is 132 cm³/mol. The number of aromatic nitrogens is 1. The van der Waals surface area contributed by atoms with E-state index in [0.717, 1.165) is 54.3 Å². The standard InChI is InChI=1S/C27H37N3/c1-8-9-10-11-18-28-21(6)25-16-13-17-26(30-25)22(7)29-27-23(19(2)3)14-12-15-24(27)20(4)5/h8,12-17,19-20H,1,9-11,18H2,2-7H3. The van der Waals surface area contributed by atoms with Gasteiger partial charge in [0.1, 0.15) is 0 Å². The van der Waals surface area contributed by atoms with Crippen molar-refractivity contribution in [2.45, 2.75) is 72.6 Å². The molecule has 0 spiro atoms. The number of hydrogen-bond acceptors (Lipinski definition) is 3. The third-order valence-electron chi connectivity index (χ3n) is 5.28. The lowest BCUT2D eigenvalue weighted by Gasteiger charge is -2.17. The molecule has 0 saturated carbocycles. The SMILES string of the molecule is C=CCCCCN=C(C)c1cccc(C(C)=Nc2c(C(C)C)cccc2C(C)C)n1. The first-order valence-corrected chi connectivity index (χ1v) is 11.1. The molecule has 0 saturated heterocycles. The minimum absolute atomic E-state index is 0.421. The quantitative estimate of drug-likeness (QED) is 0.228. The van der Waals surface area contributed by atoms with E-state index in [1.54, 1.807) is 0 Å². The van der Waals surface area contributed by atoms with Gasteiger partial charge in [-0.2, -0.15) is 0 Å². The highest BCUT2D eigenvalue weighted by Gasteiger charge is 2.14. The second kappa shape index (κ2) is 11.6. The Morgan fingerprint density at radius 3 is 2.03 bits per heavy atom. The Bertz CT molecular complexity index is 878. The number of rotatable bonds is 10. The molecule has 1 heterocycles. The van der Waals surface area contributed by atoms with Gasteiger partial charge in [-0.25, -0.2) is 4.98 Å². The van der Waals surface area contributed by atoms with E-state index in [0.29, 0.717) is 11.8 Å². The van der Waals surface area contributed by atoms with Crippen LogP contribution >= 0.6 is 0 Å². The summed E-state index contributed by atoms with van der Waals surface area (Å²) in [5.41, 5.74) is 7.41. The fourth-order valence-electron chi connectivity index (χ4n) is 3.43. The normalized spacial score (nSPS) is 12.7. The highest BCUT2D eigenvalue weighted by atomic mass is 14.8. The number of para-hydroxylation sites is 1. The highest BCUT2D eigenvalue weighted by Crippen LogP contribution is 2.35. The minimum Gasteiger partial charge on any atom is -0.288 e. The Morgan fingerprint density at radius 2 is 1.47 bits per heavy atom. The van der Waals surface area contributed by atoms with Crippen LogP contribution in [0.15, 0.2) is 59.0 Å². The lowest BCUT2D eigenvalue weighted by atomic mass is 9.93. The third-order valence-corrected chi connectivity index (χ3v) is 5.28. The molecule has 0 radical (unpaired) electrons. The molecule has 1 aromatic carbocycles. The van der Waals surface area contributed by atoms with E-state index >= 15 is 0 Å². The number of pyridine rings is 1. The lowest BCUT2D eigenvalue weighted by Crippen LogP contribution is -2.06. The average Bonchev–Trinajstić information content (AvgIpc) is 2.73. The van der Waals surface area contributed by atoms with E-state index in [2.05, 4.69) is 59.4 Å². The summed E-state index contributed by atoms with van der Waals surface area (Å²) in [4.78, 5) is 14.6. The van der Waals surface area contributed by atoms with Gasteiger partial charge in [0.05, 0.1) is 28.5 Å². The number of benzene rings is 1. The van der Waals surface area contributed by atoms with Crippen molar-refractivity contribution in [3.05, 3.63) is 71.6 Å². The van der Waals surface area contributed by atoms with Crippen LogP contribution in [0.5, 0.6) is 0 Å². The molecule has 3 heteroatoms. The van der Waals surface area contributed by atoms with Crippen molar-refractivity contribution in [1.29, 1.82) is 0 Å². The average molecular weight is 404 g/mol. The van der Waals surface area contributed by atoms with Crippen LogP contribution in [0.3, 0.4) is 0 Å². The van der Waals surface area contributed by atoms with Crippen molar-refractivity contribution in [2.75, 3.05) is 6.54 Å². The summed E-state index contributed by atoms with van der Waals surface area (Å²) < 4.78 is 0. The van der Waals surface area contributed by atoms with Crippen LogP contribution < -0.4 is 0 Å². The second-order valence-electron chi connectivity index (χ2n) is 8.45. The minimum atomic E-state index is 0.421. The maximum atomic E-state index is 5.07. The molecule has 0 unspecified atom stereocenters. The highest BCUT2D eigenvalue weighted by molar-refractivity contribution is 6.01. The molecule has 1 aromatic heterocycles. The molecule has 0 fully saturated rings. The van der Waals surface area contributed by atoms with Gasteiger partial charge < -0.3 is 0 Å². The Hall–Kier alpha value is -2.55. The molecule has 0 aliphatic heterocycles. The second-order valence-corrected chi connectivity index (χ2v) is 8.45. The van der Waals surface area contributed by atoms with E-state index in [1.807, 2.05) is 31.2 Å². The van der Waals surface area contributed by atoms with Crippen molar-refractivity contribution in [1.82, 2.24) is 4.98 Å². The first kappa shape index (κ1) is 23.7. The Morgan fingerprint density at radius 1 is 0.900 bits per heavy atom. The zero-order valence-electron chi connectivity index (χ0n) is 19.6. The van der Waals surface area contributed by atoms with E-state index in [-0.39, 0.29) is 0 Å². The van der Waals surface area contributed by atoms with Gasteiger partial charge in [-0.1, -0.05) is 58.0 Å². The van der Waals surface area contributed by atoms with Crippen LogP contribution in [0.1, 0.15) is 95.2 Å². The van der Waals surface area contributed by atoms with Gasteiger partial charge in [0.15, 0.2) is 0 Å². The number of hydrogen-bond donors (Lipinski definition) is 0. The van der Waals surface area contributed by atoms with Gasteiger partial charge in [-0.05, 0) is 68.2 Å². The van der Waals surface area contributed by atoms with E-state index in [4.69, 9.17) is 15.0 Å². The summed E-state index contributed by atoms with van der Waals surface area (Å²) in [5, 5.41) is 0. The van der Waals surface area contributed by atoms with E-state index in [1.165, 1.54) is 11.1 Å². The van der Waals surface area contributed by atoms with Crippen LogP contribution in [0.25, 0.3) is 0 Å². The number of aliphatic imine (C=N–C) groups is 2. The first-order valence-electron chi connectivity index (χ1n) is 11.1. The van der Waals surface area contributed by atoms with Crippen LogP contribution in [-0.4, -0.2) is 23.0 Å². The topological polar surface area (TPSA) is 37.6 Å². The van der Waals surface area contributed by atoms with Crippen molar-refractivity contribution >= 4 is 17.1 Å². The van der Waals surface area contributed by atoms with Crippen LogP contribution in [0.2, 0.25) is 0 Å². The summed E-state index contributed by atoms with van der Waals surface area (Å²) in [7, 11) is 0. The molecule has 2 rings (SSSR count). The van der Waals surface area contributed by atoms with Crippen LogP contribution in [0.4, 0.5) is 5.69 Å². The summed E-state index contributed by atoms with van der Waals surface area (Å²) in [6.07, 6.45) is 5.22. The molecule has 160 valence electrons. The molecule has 0 bridgehead atoms. The van der Waals surface area contributed by atoms with Gasteiger partial charge in [0.25, 0.3) is 0 Å². The Labute approximate surface area is 183 Å². The molecule has 0 amide bonds. The molecule has 0 atom stereocenters. The van der Waals surface area contributed by atoms with Gasteiger partial charge >= 0.3 is 0 Å². The molecule has 3 nitrogen and oxygen atoms in total. The summed E-state index contributed by atoms with van der Waals surface area (Å²) in [5.74, 6) is 0.843. The summed E-state index contributed by atoms with van der Waals surface area (Å²) in [6.45, 7) is 17.6. The molecule has 0 aliphatic carbocycles. The van der Waals surface area contributed by atoms with Crippen molar-refractivity contribution in [2.24, 2.45) is 9.98 Å². The van der Waals surface area contributed by atoms with Crippen LogP contribution in [0, 0.1) is 0 Å². The van der Waals surface area contributed by atoms with E-state index in [9.17, 15) is 0 Å². The molecular formula is C27H37N3. The number of unbranched alkanes of at least 4 members (excludes halogenated alkanes) is 2. The van der Waals surface area contributed by atoms with Crippen molar-refractivity contribution in [3.8, 4) is 0 Å². The summed E-state index contributed by atoms with van der Waals surface area (Å²) in [6, 6.07) is 12.6. The fourth-order valence-corrected chi connectivity index (χ4v) is 3.43. The molecule has 2 aromatic rings. The first-order chi connectivity index (χ1) is 14.3. The Balaban J connectivity index is 2.33. The maximum Gasteiger partial charge on any atom is 0.0849 e. The zero-order chi connectivity index (χ0) is 22.1. The smallest absolute Gasteiger partial charge is 0.0849 e. The van der Waals surface area contributed by atoms with E-state index < -0.39 is 0 Å². The van der Waals surface area contributed by atoms with Gasteiger partial charge in [-0.15, -0.1) is 6.58 Å². The predicted octanol–water partition coefficient (Wildman–Crippen LogP) is 7.63. The van der Waals surface area contributed by atoms with Gasteiger partial charge in [-0.3, -0.25) is 9.98 Å². The van der Waals surface area contributed by atoms with Gasteiger partial charge in [0.2, 0.25) is 0 Å². The largest absolute Gasteiger partial charge is 0.288 e. The number of nitrogens with zero attached hydrogens (tertiary/aromatic N) is 3. The lowest BCUT2D eigenvalue weighted by molar-refractivity contribution is 0.760. The summed E-state index contributed by atoms with van der Waals surface area (Å²) >= 11 is 0. The number of allylic oxidation sites excluding steroid dienone is 1. The third kappa shape index (κ3) is 6.48. The van der Waals surface area contributed by atoms with Crippen molar-refractivity contribution in [3.63, 3.8) is 0 Å². The molecular weight excluding hydrogens is 366 g/mol. The van der Waals surface area contributed by atoms with Gasteiger partial charge in [0, 0.05) is 6.54 Å². The molecule has 0 aliphatic rings. The fraction of sp³-hybridized carbons (Fsp3) is 0.444. The molecule has 0 N–H and O–H groups in total. The molecule has 30 heavy (non-hydrogen) atoms. The maximum absolute atomic E-state index is 5.07. The van der Waals surface area contributed by atoms with Crippen LogP contribution in [-0.2, 0) is 0 Å². The monoisotopic (exact) mass is 403 g/mol. The zero-order valence-corrected chi connectivity index (χ0v) is 19.6. The Kier molecular flexibility index (Phi) is 9.16. The van der Waals surface area contributed by atoms with Crippen molar-refractivity contribution < 1.29 is 0 Å².